The van der Waals surface area contributed by atoms with Gasteiger partial charge in [-0.15, -0.1) is 0 Å². The average Bonchev–Trinajstić information content (AvgIpc) is 3.06. The van der Waals surface area contributed by atoms with Crippen LogP contribution in [0, 0.1) is 5.41 Å². The summed E-state index contributed by atoms with van der Waals surface area (Å²) in [7, 11) is 0. The minimum absolute atomic E-state index is 0.00917. The summed E-state index contributed by atoms with van der Waals surface area (Å²) in [6.45, 7) is 3.09. The Kier molecular flexibility index (Phi) is 5.11. The highest BCUT2D eigenvalue weighted by Gasteiger charge is 2.43. The SMILES string of the molecule is CCC1(C(=O)N(CCBr)C2CCCC2)CCCC1. The van der Waals surface area contributed by atoms with Crippen molar-refractivity contribution < 1.29 is 4.79 Å². The number of amides is 1. The van der Waals surface area contributed by atoms with Gasteiger partial charge in [-0.1, -0.05) is 48.5 Å². The van der Waals surface area contributed by atoms with Gasteiger partial charge >= 0.3 is 0 Å². The number of alkyl halides is 1. The van der Waals surface area contributed by atoms with E-state index in [1.165, 1.54) is 38.5 Å². The van der Waals surface area contributed by atoms with Gasteiger partial charge in [0.25, 0.3) is 0 Å². The minimum Gasteiger partial charge on any atom is -0.338 e. The third kappa shape index (κ3) is 2.76. The number of nitrogens with zero attached hydrogens (tertiary/aromatic N) is 1. The Labute approximate surface area is 120 Å². The zero-order valence-corrected chi connectivity index (χ0v) is 13.2. The first-order chi connectivity index (χ1) is 8.73. The van der Waals surface area contributed by atoms with E-state index in [2.05, 4.69) is 27.8 Å². The van der Waals surface area contributed by atoms with Gasteiger partial charge in [-0.25, -0.2) is 0 Å². The van der Waals surface area contributed by atoms with Crippen molar-refractivity contribution in [1.29, 1.82) is 0 Å². The molecule has 0 unspecified atom stereocenters. The van der Waals surface area contributed by atoms with Crippen LogP contribution in [-0.4, -0.2) is 28.7 Å². The molecular weight excluding hydrogens is 290 g/mol. The van der Waals surface area contributed by atoms with Crippen LogP contribution in [0.3, 0.4) is 0 Å². The van der Waals surface area contributed by atoms with Crippen LogP contribution in [0.5, 0.6) is 0 Å². The summed E-state index contributed by atoms with van der Waals surface area (Å²) >= 11 is 3.52. The second-order valence-electron chi connectivity index (χ2n) is 5.97. The average molecular weight is 316 g/mol. The molecule has 0 aromatic rings. The van der Waals surface area contributed by atoms with Gasteiger partial charge in [-0.05, 0) is 32.1 Å². The Hall–Kier alpha value is -0.0500. The highest BCUT2D eigenvalue weighted by atomic mass is 79.9. The Morgan fingerprint density at radius 2 is 1.83 bits per heavy atom. The second kappa shape index (κ2) is 6.40. The van der Waals surface area contributed by atoms with Gasteiger partial charge in [-0.3, -0.25) is 4.79 Å². The van der Waals surface area contributed by atoms with Crippen molar-refractivity contribution in [2.75, 3.05) is 11.9 Å². The lowest BCUT2D eigenvalue weighted by Gasteiger charge is -2.37. The highest BCUT2D eigenvalue weighted by Crippen LogP contribution is 2.43. The van der Waals surface area contributed by atoms with Crippen molar-refractivity contribution in [2.45, 2.75) is 70.8 Å². The Morgan fingerprint density at radius 3 is 2.33 bits per heavy atom. The summed E-state index contributed by atoms with van der Waals surface area (Å²) < 4.78 is 0. The molecule has 0 bridgehead atoms. The van der Waals surface area contributed by atoms with E-state index in [0.29, 0.717) is 11.9 Å². The summed E-state index contributed by atoms with van der Waals surface area (Å²) in [5.74, 6) is 0.467. The van der Waals surface area contributed by atoms with E-state index in [1.54, 1.807) is 0 Å². The summed E-state index contributed by atoms with van der Waals surface area (Å²) in [5, 5.41) is 0.912. The predicted octanol–water partition coefficient (Wildman–Crippen LogP) is 4.12. The molecule has 0 spiro atoms. The normalized spacial score (nSPS) is 23.4. The standard InChI is InChI=1S/C15H26BrNO/c1-2-15(9-5-6-10-15)14(18)17(12-11-16)13-7-3-4-8-13/h13H,2-12H2,1H3. The molecule has 0 aromatic carbocycles. The van der Waals surface area contributed by atoms with Gasteiger partial charge in [0.15, 0.2) is 0 Å². The van der Waals surface area contributed by atoms with Crippen molar-refractivity contribution in [3.8, 4) is 0 Å². The van der Waals surface area contributed by atoms with E-state index in [1.807, 2.05) is 0 Å². The number of halogens is 1. The molecule has 1 amide bonds. The van der Waals surface area contributed by atoms with Gasteiger partial charge in [0.05, 0.1) is 0 Å². The molecule has 0 heterocycles. The molecular formula is C15H26BrNO. The maximum Gasteiger partial charge on any atom is 0.229 e. The van der Waals surface area contributed by atoms with Gasteiger partial charge in [0.2, 0.25) is 5.91 Å². The molecule has 0 N–H and O–H groups in total. The number of rotatable bonds is 5. The smallest absolute Gasteiger partial charge is 0.229 e. The third-order valence-electron chi connectivity index (χ3n) is 5.04. The van der Waals surface area contributed by atoms with Gasteiger partial charge in [0.1, 0.15) is 0 Å². The lowest BCUT2D eigenvalue weighted by molar-refractivity contribution is -0.144. The summed E-state index contributed by atoms with van der Waals surface area (Å²) in [6.07, 6.45) is 10.8. The van der Waals surface area contributed by atoms with Crippen LogP contribution >= 0.6 is 15.9 Å². The van der Waals surface area contributed by atoms with Crippen LogP contribution in [0.15, 0.2) is 0 Å². The second-order valence-corrected chi connectivity index (χ2v) is 6.76. The number of carbonyl (C=O) groups excluding carboxylic acids is 1. The van der Waals surface area contributed by atoms with Gasteiger partial charge < -0.3 is 4.90 Å². The Balaban J connectivity index is 2.11. The first-order valence-electron chi connectivity index (χ1n) is 7.60. The van der Waals surface area contributed by atoms with Gasteiger partial charge in [-0.2, -0.15) is 0 Å². The molecule has 0 aromatic heterocycles. The van der Waals surface area contributed by atoms with E-state index in [-0.39, 0.29) is 5.41 Å². The molecule has 2 fully saturated rings. The van der Waals surface area contributed by atoms with Crippen LogP contribution in [0.25, 0.3) is 0 Å². The molecule has 0 radical (unpaired) electrons. The van der Waals surface area contributed by atoms with Crippen molar-refractivity contribution in [3.63, 3.8) is 0 Å². The quantitative estimate of drug-likeness (QED) is 0.699. The van der Waals surface area contributed by atoms with Crippen molar-refractivity contribution >= 4 is 21.8 Å². The largest absolute Gasteiger partial charge is 0.338 e. The molecule has 0 atom stereocenters. The number of carbonyl (C=O) groups is 1. The Morgan fingerprint density at radius 1 is 1.22 bits per heavy atom. The van der Waals surface area contributed by atoms with Crippen molar-refractivity contribution in [1.82, 2.24) is 4.90 Å². The summed E-state index contributed by atoms with van der Waals surface area (Å²) in [5.41, 5.74) is -0.00917. The Bertz CT molecular complexity index is 280. The monoisotopic (exact) mass is 315 g/mol. The van der Waals surface area contributed by atoms with E-state index in [0.717, 1.165) is 31.1 Å². The lowest BCUT2D eigenvalue weighted by atomic mass is 9.81. The van der Waals surface area contributed by atoms with Crippen LogP contribution in [0.1, 0.15) is 64.7 Å². The fraction of sp³-hybridized carbons (Fsp3) is 0.933. The fourth-order valence-corrected chi connectivity index (χ4v) is 4.21. The molecule has 18 heavy (non-hydrogen) atoms. The zero-order valence-electron chi connectivity index (χ0n) is 11.6. The van der Waals surface area contributed by atoms with Crippen LogP contribution in [0.2, 0.25) is 0 Å². The third-order valence-corrected chi connectivity index (χ3v) is 5.40. The summed E-state index contributed by atoms with van der Waals surface area (Å²) in [6, 6.07) is 0.527. The van der Waals surface area contributed by atoms with Crippen LogP contribution in [-0.2, 0) is 4.79 Å². The minimum atomic E-state index is -0.00917. The van der Waals surface area contributed by atoms with E-state index in [4.69, 9.17) is 0 Å². The molecule has 2 saturated carbocycles. The zero-order chi connectivity index (χ0) is 13.0. The molecule has 2 nitrogen and oxygen atoms in total. The predicted molar refractivity (Wildman–Crippen MR) is 79.0 cm³/mol. The van der Waals surface area contributed by atoms with Crippen molar-refractivity contribution in [2.24, 2.45) is 5.41 Å². The van der Waals surface area contributed by atoms with Crippen LogP contribution < -0.4 is 0 Å². The van der Waals surface area contributed by atoms with Gasteiger partial charge in [0, 0.05) is 23.3 Å². The van der Waals surface area contributed by atoms with Crippen LogP contribution in [0.4, 0.5) is 0 Å². The van der Waals surface area contributed by atoms with E-state index >= 15 is 0 Å². The fourth-order valence-electron chi connectivity index (χ4n) is 3.83. The highest BCUT2D eigenvalue weighted by molar-refractivity contribution is 9.09. The number of hydrogen-bond acceptors (Lipinski definition) is 1. The molecule has 0 aliphatic heterocycles. The van der Waals surface area contributed by atoms with E-state index in [9.17, 15) is 4.79 Å². The molecule has 104 valence electrons. The maximum atomic E-state index is 13.0. The molecule has 3 heteroatoms. The maximum absolute atomic E-state index is 13.0. The summed E-state index contributed by atoms with van der Waals surface area (Å²) in [4.78, 5) is 15.2. The first kappa shape index (κ1) is 14.4. The van der Waals surface area contributed by atoms with E-state index < -0.39 is 0 Å². The number of hydrogen-bond donors (Lipinski definition) is 0. The van der Waals surface area contributed by atoms with Crippen molar-refractivity contribution in [3.05, 3.63) is 0 Å². The molecule has 2 rings (SSSR count). The lowest BCUT2D eigenvalue weighted by Crippen LogP contribution is -2.47. The topological polar surface area (TPSA) is 20.3 Å². The first-order valence-corrected chi connectivity index (χ1v) is 8.73. The molecule has 2 aliphatic carbocycles. The molecule has 2 aliphatic rings. The molecule has 0 saturated heterocycles.